The standard InChI is InChI=1S/C16H20N6O/c1-11-5-8-22(14(23)3-6-17)9-13(11)21(2)16-12-4-7-18-15(12)19-10-20-16/h4,7,10-11,13H,3,5,8-9H2,1-2H3,(H,18,19,20)/t11-,13+/m1/s1/i3D2,4D,10D,11D. The molecule has 7 nitrogen and oxygen atoms in total. The predicted octanol–water partition coefficient (Wildman–Crippen LogP) is 1.54. The van der Waals surface area contributed by atoms with Crippen LogP contribution in [0.4, 0.5) is 5.82 Å². The number of piperidine rings is 1. The molecule has 1 fully saturated rings. The van der Waals surface area contributed by atoms with Crippen LogP contribution in [0.2, 0.25) is 0 Å². The van der Waals surface area contributed by atoms with E-state index in [1.54, 1.807) is 18.9 Å². The maximum Gasteiger partial charge on any atom is 0.236 e. The molecule has 1 saturated heterocycles. The Balaban J connectivity index is 2.00. The van der Waals surface area contributed by atoms with E-state index in [4.69, 9.17) is 12.1 Å². The van der Waals surface area contributed by atoms with E-state index in [9.17, 15) is 4.79 Å². The van der Waals surface area contributed by atoms with Crippen molar-refractivity contribution in [2.24, 2.45) is 5.89 Å². The van der Waals surface area contributed by atoms with Gasteiger partial charge < -0.3 is 14.8 Å². The van der Waals surface area contributed by atoms with Gasteiger partial charge in [0.05, 0.1) is 21.6 Å². The normalized spacial score (nSPS) is 28.1. The number of nitrogens with one attached hydrogen (secondary N) is 1. The number of carbonyl (C=O) groups is 1. The summed E-state index contributed by atoms with van der Waals surface area (Å²) in [6, 6.07) is 0.933. The van der Waals surface area contributed by atoms with Gasteiger partial charge in [0.25, 0.3) is 0 Å². The molecule has 2 aromatic rings. The van der Waals surface area contributed by atoms with Gasteiger partial charge in [0.15, 0.2) is 0 Å². The van der Waals surface area contributed by atoms with E-state index in [2.05, 4.69) is 15.0 Å². The molecule has 0 bridgehead atoms. The molecule has 0 radical (unpaired) electrons. The van der Waals surface area contributed by atoms with E-state index in [1.165, 1.54) is 17.2 Å². The predicted molar refractivity (Wildman–Crippen MR) is 86.7 cm³/mol. The molecule has 0 aliphatic carbocycles. The molecule has 3 rings (SSSR count). The third-order valence-electron chi connectivity index (χ3n) is 4.19. The lowest BCUT2D eigenvalue weighted by Crippen LogP contribution is -2.52. The van der Waals surface area contributed by atoms with E-state index < -0.39 is 24.2 Å². The van der Waals surface area contributed by atoms with E-state index >= 15 is 0 Å². The summed E-state index contributed by atoms with van der Waals surface area (Å²) in [6.45, 7) is 1.90. The highest BCUT2D eigenvalue weighted by molar-refractivity contribution is 5.87. The van der Waals surface area contributed by atoms with E-state index in [0.29, 0.717) is 16.9 Å². The molecule has 3 heterocycles. The first-order chi connectivity index (χ1) is 13.0. The number of nitrogens with zero attached hydrogens (tertiary/aromatic N) is 5. The number of H-pyrrole nitrogens is 1. The molecule has 23 heavy (non-hydrogen) atoms. The van der Waals surface area contributed by atoms with Crippen LogP contribution in [0.5, 0.6) is 0 Å². The quantitative estimate of drug-likeness (QED) is 0.927. The molecule has 1 aliphatic heterocycles. The first kappa shape index (κ1) is 10.2. The lowest BCUT2D eigenvalue weighted by Gasteiger charge is -2.42. The number of nitriles is 1. The second kappa shape index (κ2) is 6.24. The summed E-state index contributed by atoms with van der Waals surface area (Å²) >= 11 is 0. The fraction of sp³-hybridized carbons (Fsp3) is 0.500. The smallest absolute Gasteiger partial charge is 0.236 e. The lowest BCUT2D eigenvalue weighted by molar-refractivity contribution is -0.131. The van der Waals surface area contributed by atoms with Crippen LogP contribution in [0.15, 0.2) is 18.5 Å². The van der Waals surface area contributed by atoms with Crippen LogP contribution >= 0.6 is 0 Å². The topological polar surface area (TPSA) is 88.9 Å². The summed E-state index contributed by atoms with van der Waals surface area (Å²) in [5.74, 6) is -1.63. The summed E-state index contributed by atoms with van der Waals surface area (Å²) in [4.78, 5) is 26.2. The Morgan fingerprint density at radius 2 is 2.57 bits per heavy atom. The Morgan fingerprint density at radius 1 is 1.74 bits per heavy atom. The molecule has 1 N–H and O–H groups in total. The SMILES string of the molecule is [2H]c1nc(N(C)[C@H]2CN(C(=O)C([2H])([2H])C#N)CC[C@@]2([2H])C)c2c([2H])c[nH]c2n1. The molecule has 1 aliphatic rings. The molecule has 0 spiro atoms. The van der Waals surface area contributed by atoms with Crippen molar-refractivity contribution in [2.75, 3.05) is 25.0 Å². The van der Waals surface area contributed by atoms with Crippen molar-refractivity contribution >= 4 is 22.8 Å². The minimum Gasteiger partial charge on any atom is -0.354 e. The summed E-state index contributed by atoms with van der Waals surface area (Å²) in [7, 11) is 1.66. The molecule has 7 heteroatoms. The van der Waals surface area contributed by atoms with Gasteiger partial charge in [-0.2, -0.15) is 5.26 Å². The number of aromatic nitrogens is 3. The van der Waals surface area contributed by atoms with Gasteiger partial charge in [-0.05, 0) is 18.4 Å². The van der Waals surface area contributed by atoms with Crippen LogP contribution < -0.4 is 4.90 Å². The van der Waals surface area contributed by atoms with E-state index in [1.807, 2.05) is 0 Å². The zero-order chi connectivity index (χ0) is 20.9. The average molecular weight is 317 g/mol. The molecular formula is C16H20N6O. The van der Waals surface area contributed by atoms with Crippen LogP contribution in [0.3, 0.4) is 0 Å². The molecule has 0 saturated carbocycles. The first-order valence-electron chi connectivity index (χ1n) is 9.74. The number of fused-ring (bicyclic) bond motifs is 1. The zero-order valence-electron chi connectivity index (χ0n) is 17.9. The Bertz CT molecular complexity index is 968. The van der Waals surface area contributed by atoms with Crippen LogP contribution in [-0.2, 0) is 4.79 Å². The summed E-state index contributed by atoms with van der Waals surface area (Å²) in [5.41, 5.74) is 0.336. The summed E-state index contributed by atoms with van der Waals surface area (Å²) < 4.78 is 39.7. The Kier molecular flexibility index (Phi) is 2.77. The molecule has 2 atom stereocenters. The van der Waals surface area contributed by atoms with Crippen molar-refractivity contribution in [3.63, 3.8) is 0 Å². The van der Waals surface area contributed by atoms with Crippen LogP contribution in [0, 0.1) is 17.2 Å². The van der Waals surface area contributed by atoms with Gasteiger partial charge in [0.2, 0.25) is 5.91 Å². The lowest BCUT2D eigenvalue weighted by atomic mass is 9.92. The number of hydrogen-bond acceptors (Lipinski definition) is 5. The third kappa shape index (κ3) is 2.84. The van der Waals surface area contributed by atoms with Gasteiger partial charge in [-0.15, -0.1) is 0 Å². The average Bonchev–Trinajstić information content (AvgIpc) is 3.00. The van der Waals surface area contributed by atoms with Crippen molar-refractivity contribution in [3.8, 4) is 6.07 Å². The number of hydrogen-bond donors (Lipinski definition) is 1. The van der Waals surface area contributed by atoms with Crippen LogP contribution in [-0.4, -0.2) is 51.9 Å². The van der Waals surface area contributed by atoms with Crippen LogP contribution in [0.1, 0.15) is 26.6 Å². The second-order valence-electron chi connectivity index (χ2n) is 5.51. The largest absolute Gasteiger partial charge is 0.354 e. The molecule has 1 amide bonds. The minimum atomic E-state index is -2.63. The number of amides is 1. The fourth-order valence-corrected chi connectivity index (χ4v) is 2.86. The van der Waals surface area contributed by atoms with Crippen LogP contribution in [0.25, 0.3) is 11.0 Å². The van der Waals surface area contributed by atoms with Gasteiger partial charge in [0.1, 0.15) is 25.5 Å². The van der Waals surface area contributed by atoms with Crippen molar-refractivity contribution < 1.29 is 11.6 Å². The Hall–Kier alpha value is -2.62. The minimum absolute atomic E-state index is 0.0209. The Labute approximate surface area is 142 Å². The van der Waals surface area contributed by atoms with Gasteiger partial charge in [-0.1, -0.05) is 6.92 Å². The molecule has 2 aromatic heterocycles. The maximum absolute atomic E-state index is 12.4. The number of likely N-dealkylation sites (tertiary alicyclic amines) is 1. The number of anilines is 1. The third-order valence-corrected chi connectivity index (χ3v) is 4.19. The maximum atomic E-state index is 12.4. The second-order valence-corrected chi connectivity index (χ2v) is 5.51. The number of carbonyl (C=O) groups excluding carboxylic acids is 1. The number of rotatable bonds is 3. The van der Waals surface area contributed by atoms with E-state index in [0.717, 1.165) is 0 Å². The van der Waals surface area contributed by atoms with Gasteiger partial charge in [-0.3, -0.25) is 4.79 Å². The first-order valence-corrected chi connectivity index (χ1v) is 7.24. The fourth-order valence-electron chi connectivity index (χ4n) is 2.86. The molecule has 0 unspecified atom stereocenters. The number of aromatic amines is 1. The van der Waals surface area contributed by atoms with Crippen molar-refractivity contribution in [3.05, 3.63) is 18.5 Å². The summed E-state index contributed by atoms with van der Waals surface area (Å²) in [6.07, 6.45) is -1.16. The number of likely N-dealkylation sites (N-methyl/N-ethyl adjacent to an activating group) is 1. The molecular weight excluding hydrogens is 292 g/mol. The van der Waals surface area contributed by atoms with Crippen molar-refractivity contribution in [2.45, 2.75) is 25.8 Å². The highest BCUT2D eigenvalue weighted by Crippen LogP contribution is 2.28. The molecule has 120 valence electrons. The summed E-state index contributed by atoms with van der Waals surface area (Å²) in [5, 5.41) is 9.33. The van der Waals surface area contributed by atoms with Crippen molar-refractivity contribution in [1.82, 2.24) is 19.9 Å². The van der Waals surface area contributed by atoms with Gasteiger partial charge in [-0.25, -0.2) is 9.97 Å². The monoisotopic (exact) mass is 317 g/mol. The van der Waals surface area contributed by atoms with Crippen molar-refractivity contribution in [1.29, 1.82) is 5.26 Å². The van der Waals surface area contributed by atoms with Gasteiger partial charge >= 0.3 is 0 Å². The molecule has 0 aromatic carbocycles. The highest BCUT2D eigenvalue weighted by atomic mass is 16.2. The van der Waals surface area contributed by atoms with E-state index in [-0.39, 0.29) is 31.9 Å². The highest BCUT2D eigenvalue weighted by Gasteiger charge is 2.32. The zero-order valence-corrected chi connectivity index (χ0v) is 12.9. The Morgan fingerprint density at radius 3 is 3.35 bits per heavy atom. The van der Waals surface area contributed by atoms with Gasteiger partial charge in [0, 0.05) is 27.7 Å².